The van der Waals surface area contributed by atoms with Crippen molar-refractivity contribution in [2.75, 3.05) is 11.1 Å². The number of nitrogens with zero attached hydrogens (tertiary/aromatic N) is 2. The van der Waals surface area contributed by atoms with Gasteiger partial charge in [-0.2, -0.15) is 0 Å². The zero-order valence-electron chi connectivity index (χ0n) is 8.72. The Bertz CT molecular complexity index is 559. The summed E-state index contributed by atoms with van der Waals surface area (Å²) in [5.74, 6) is -6.14. The first-order chi connectivity index (χ1) is 8.49. The van der Waals surface area contributed by atoms with E-state index in [0.29, 0.717) is 0 Å². The highest BCUT2D eigenvalue weighted by Crippen LogP contribution is 2.26. The summed E-state index contributed by atoms with van der Waals surface area (Å²) in [6.07, 6.45) is 2.19. The number of hydrogen-bond donors (Lipinski definition) is 2. The summed E-state index contributed by atoms with van der Waals surface area (Å²) in [6, 6.07) is 0.116. The fourth-order valence-corrected chi connectivity index (χ4v) is 1.21. The van der Waals surface area contributed by atoms with Crippen molar-refractivity contribution < 1.29 is 17.6 Å². The van der Waals surface area contributed by atoms with Gasteiger partial charge in [0.1, 0.15) is 17.3 Å². The molecule has 0 amide bonds. The van der Waals surface area contributed by atoms with Gasteiger partial charge in [-0.1, -0.05) is 0 Å². The van der Waals surface area contributed by atoms with Gasteiger partial charge in [0, 0.05) is 6.07 Å². The van der Waals surface area contributed by atoms with Gasteiger partial charge >= 0.3 is 0 Å². The van der Waals surface area contributed by atoms with Crippen LogP contribution in [0.1, 0.15) is 0 Å². The molecular formula is C10H6F4N4. The number of hydrogen-bond acceptors (Lipinski definition) is 4. The van der Waals surface area contributed by atoms with Crippen molar-refractivity contribution in [3.63, 3.8) is 0 Å². The highest BCUT2D eigenvalue weighted by Gasteiger charge is 2.19. The Morgan fingerprint density at radius 3 is 2.06 bits per heavy atom. The summed E-state index contributed by atoms with van der Waals surface area (Å²) in [7, 11) is 0. The van der Waals surface area contributed by atoms with Gasteiger partial charge in [-0.05, 0) is 0 Å². The van der Waals surface area contributed by atoms with Crippen LogP contribution in [0.2, 0.25) is 0 Å². The van der Waals surface area contributed by atoms with Crippen molar-refractivity contribution in [3.8, 4) is 0 Å². The molecule has 1 aromatic carbocycles. The summed E-state index contributed by atoms with van der Waals surface area (Å²) < 4.78 is 52.4. The number of halogens is 4. The molecule has 94 valence electrons. The number of aromatic nitrogens is 2. The van der Waals surface area contributed by atoms with E-state index < -0.39 is 29.0 Å². The molecule has 0 unspecified atom stereocenters. The lowest BCUT2D eigenvalue weighted by Crippen LogP contribution is -2.04. The summed E-state index contributed by atoms with van der Waals surface area (Å²) in [5.41, 5.74) is 4.28. The van der Waals surface area contributed by atoms with Crippen LogP contribution in [0.15, 0.2) is 18.5 Å². The average molecular weight is 258 g/mol. The van der Waals surface area contributed by atoms with Crippen LogP contribution < -0.4 is 11.1 Å². The number of benzene rings is 1. The quantitative estimate of drug-likeness (QED) is 0.641. The van der Waals surface area contributed by atoms with Gasteiger partial charge in [0.15, 0.2) is 23.3 Å². The number of nitrogens with one attached hydrogen (secondary N) is 1. The predicted octanol–water partition coefficient (Wildman–Crippen LogP) is 2.36. The van der Waals surface area contributed by atoms with Crippen molar-refractivity contribution >= 4 is 17.3 Å². The molecule has 3 N–H and O–H groups in total. The van der Waals surface area contributed by atoms with Gasteiger partial charge < -0.3 is 11.1 Å². The van der Waals surface area contributed by atoms with E-state index in [9.17, 15) is 17.6 Å². The van der Waals surface area contributed by atoms with Crippen LogP contribution in [0.3, 0.4) is 0 Å². The van der Waals surface area contributed by atoms with Crippen molar-refractivity contribution in [3.05, 3.63) is 41.7 Å². The molecule has 18 heavy (non-hydrogen) atoms. The topological polar surface area (TPSA) is 63.8 Å². The molecule has 2 aromatic rings. The number of rotatable bonds is 2. The minimum atomic E-state index is -1.55. The minimum Gasteiger partial charge on any atom is -0.382 e. The molecule has 1 heterocycles. The van der Waals surface area contributed by atoms with Crippen molar-refractivity contribution in [1.82, 2.24) is 9.97 Å². The molecule has 0 radical (unpaired) electrons. The SMILES string of the molecule is Nc1cnc(Nc2c(F)c(F)cc(F)c2F)cn1. The van der Waals surface area contributed by atoms with Crippen LogP contribution in [0.5, 0.6) is 0 Å². The van der Waals surface area contributed by atoms with Gasteiger partial charge in [0.25, 0.3) is 0 Å². The third-order valence-corrected chi connectivity index (χ3v) is 2.04. The zero-order chi connectivity index (χ0) is 13.3. The fraction of sp³-hybridized carbons (Fsp3) is 0. The Balaban J connectivity index is 2.42. The Kier molecular flexibility index (Phi) is 3.00. The lowest BCUT2D eigenvalue weighted by molar-refractivity contribution is 0.459. The summed E-state index contributed by atoms with van der Waals surface area (Å²) in [5, 5.41) is 2.09. The first-order valence-electron chi connectivity index (χ1n) is 4.66. The molecule has 0 bridgehead atoms. The molecule has 0 saturated heterocycles. The maximum Gasteiger partial charge on any atom is 0.185 e. The van der Waals surface area contributed by atoms with Gasteiger partial charge in [0.05, 0.1) is 12.4 Å². The molecule has 4 nitrogen and oxygen atoms in total. The minimum absolute atomic E-state index is 0.0897. The number of nitrogen functional groups attached to an aromatic ring is 1. The van der Waals surface area contributed by atoms with E-state index in [-0.39, 0.29) is 17.7 Å². The van der Waals surface area contributed by atoms with Crippen LogP contribution in [0.4, 0.5) is 34.9 Å². The smallest absolute Gasteiger partial charge is 0.185 e. The Morgan fingerprint density at radius 1 is 0.944 bits per heavy atom. The van der Waals surface area contributed by atoms with Gasteiger partial charge in [-0.15, -0.1) is 0 Å². The molecule has 0 aliphatic carbocycles. The van der Waals surface area contributed by atoms with E-state index in [4.69, 9.17) is 5.73 Å². The van der Waals surface area contributed by atoms with E-state index in [0.717, 1.165) is 12.4 Å². The summed E-state index contributed by atoms with van der Waals surface area (Å²) in [4.78, 5) is 7.24. The monoisotopic (exact) mass is 258 g/mol. The lowest BCUT2D eigenvalue weighted by Gasteiger charge is -2.08. The normalized spacial score (nSPS) is 10.4. The third-order valence-electron chi connectivity index (χ3n) is 2.04. The van der Waals surface area contributed by atoms with Gasteiger partial charge in [-0.3, -0.25) is 0 Å². The first-order valence-corrected chi connectivity index (χ1v) is 4.66. The maximum atomic E-state index is 13.3. The largest absolute Gasteiger partial charge is 0.382 e. The fourth-order valence-electron chi connectivity index (χ4n) is 1.21. The van der Waals surface area contributed by atoms with E-state index in [1.54, 1.807) is 0 Å². The number of nitrogens with two attached hydrogens (primary N) is 1. The first kappa shape index (κ1) is 12.1. The third kappa shape index (κ3) is 2.17. The van der Waals surface area contributed by atoms with Crippen LogP contribution >= 0.6 is 0 Å². The Hall–Kier alpha value is -2.38. The second kappa shape index (κ2) is 4.47. The van der Waals surface area contributed by atoms with E-state index in [1.165, 1.54) is 0 Å². The molecule has 0 atom stereocenters. The standard InChI is InChI=1S/C10H6F4N4/c11-4-1-5(12)9(14)10(8(4)13)18-7-3-16-6(15)2-17-7/h1-3H,(H2,15,16)(H,17,18). The molecule has 0 fully saturated rings. The summed E-state index contributed by atoms with van der Waals surface area (Å²) in [6.45, 7) is 0. The molecule has 1 aromatic heterocycles. The average Bonchev–Trinajstić information content (AvgIpc) is 2.34. The molecule has 0 spiro atoms. The van der Waals surface area contributed by atoms with Crippen molar-refractivity contribution in [1.29, 1.82) is 0 Å². The van der Waals surface area contributed by atoms with Crippen molar-refractivity contribution in [2.45, 2.75) is 0 Å². The lowest BCUT2D eigenvalue weighted by atomic mass is 10.2. The highest BCUT2D eigenvalue weighted by atomic mass is 19.2. The van der Waals surface area contributed by atoms with E-state index in [2.05, 4.69) is 15.3 Å². The van der Waals surface area contributed by atoms with Crippen LogP contribution in [0, 0.1) is 23.3 Å². The van der Waals surface area contributed by atoms with E-state index >= 15 is 0 Å². The molecule has 8 heteroatoms. The van der Waals surface area contributed by atoms with Crippen molar-refractivity contribution in [2.24, 2.45) is 0 Å². The van der Waals surface area contributed by atoms with Gasteiger partial charge in [0.2, 0.25) is 0 Å². The molecule has 0 saturated carbocycles. The molecule has 2 rings (SSSR count). The van der Waals surface area contributed by atoms with Crippen LogP contribution in [0.25, 0.3) is 0 Å². The second-order valence-electron chi connectivity index (χ2n) is 3.29. The maximum absolute atomic E-state index is 13.3. The summed E-state index contributed by atoms with van der Waals surface area (Å²) >= 11 is 0. The number of anilines is 3. The van der Waals surface area contributed by atoms with Gasteiger partial charge in [-0.25, -0.2) is 27.5 Å². The Labute approximate surface area is 98.5 Å². The Morgan fingerprint density at radius 2 is 1.56 bits per heavy atom. The zero-order valence-corrected chi connectivity index (χ0v) is 8.72. The van der Waals surface area contributed by atoms with Crippen LogP contribution in [-0.2, 0) is 0 Å². The molecular weight excluding hydrogens is 252 g/mol. The second-order valence-corrected chi connectivity index (χ2v) is 3.29. The predicted molar refractivity (Wildman–Crippen MR) is 56.0 cm³/mol. The molecule has 0 aliphatic heterocycles. The van der Waals surface area contributed by atoms with E-state index in [1.807, 2.05) is 0 Å². The molecule has 0 aliphatic rings. The highest BCUT2D eigenvalue weighted by molar-refractivity contribution is 5.57. The van der Waals surface area contributed by atoms with Crippen LogP contribution in [-0.4, -0.2) is 9.97 Å².